The third-order valence-corrected chi connectivity index (χ3v) is 1.77. The van der Waals surface area contributed by atoms with E-state index in [1.54, 1.807) is 13.1 Å². The van der Waals surface area contributed by atoms with Gasteiger partial charge in [0, 0.05) is 23.5 Å². The zero-order valence-electron chi connectivity index (χ0n) is 7.36. The Morgan fingerprint density at radius 1 is 1.50 bits per heavy atom. The average molecular weight is 166 g/mol. The average Bonchev–Trinajstić information content (AvgIpc) is 2.04. The number of aliphatic hydroxyl groups is 1. The van der Waals surface area contributed by atoms with Gasteiger partial charge >= 0.3 is 0 Å². The molecule has 12 heavy (non-hydrogen) atoms. The van der Waals surface area contributed by atoms with Gasteiger partial charge < -0.3 is 10.8 Å². The zero-order chi connectivity index (χ0) is 9.14. The summed E-state index contributed by atoms with van der Waals surface area (Å²) in [6.45, 7) is 3.67. The Labute approximate surface area is 72.2 Å². The maximum Gasteiger partial charge on any atom is 0.0952 e. The Morgan fingerprint density at radius 2 is 2.17 bits per heavy atom. The summed E-state index contributed by atoms with van der Waals surface area (Å²) in [5, 5.41) is 9.52. The molecule has 3 nitrogen and oxygen atoms in total. The molecular formula is C9H14N2O. The van der Waals surface area contributed by atoms with Crippen LogP contribution in [-0.2, 0) is 0 Å². The third kappa shape index (κ3) is 2.03. The Morgan fingerprint density at radius 3 is 2.58 bits per heavy atom. The van der Waals surface area contributed by atoms with Gasteiger partial charge in [0.2, 0.25) is 0 Å². The molecule has 0 spiro atoms. The minimum atomic E-state index is -0.613. The van der Waals surface area contributed by atoms with Crippen LogP contribution in [0.2, 0.25) is 0 Å². The van der Waals surface area contributed by atoms with Gasteiger partial charge in [0.25, 0.3) is 0 Å². The highest BCUT2D eigenvalue weighted by atomic mass is 16.3. The molecule has 1 rings (SSSR count). The van der Waals surface area contributed by atoms with Crippen molar-refractivity contribution >= 4 is 0 Å². The van der Waals surface area contributed by atoms with Crippen molar-refractivity contribution < 1.29 is 5.11 Å². The van der Waals surface area contributed by atoms with Crippen molar-refractivity contribution in [1.29, 1.82) is 0 Å². The molecule has 0 unspecified atom stereocenters. The third-order valence-electron chi connectivity index (χ3n) is 1.77. The summed E-state index contributed by atoms with van der Waals surface area (Å²) in [7, 11) is 0. The lowest BCUT2D eigenvalue weighted by atomic mass is 10.1. The normalized spacial score (nSPS) is 15.7. The van der Waals surface area contributed by atoms with E-state index in [9.17, 15) is 5.11 Å². The van der Waals surface area contributed by atoms with Crippen LogP contribution in [-0.4, -0.2) is 16.1 Å². The summed E-state index contributed by atoms with van der Waals surface area (Å²) in [4.78, 5) is 4.07. The molecule has 0 amide bonds. The number of hydrogen-bond acceptors (Lipinski definition) is 3. The second-order valence-corrected chi connectivity index (χ2v) is 3.04. The Bertz CT molecular complexity index is 243. The lowest BCUT2D eigenvalue weighted by Crippen LogP contribution is -2.24. The molecule has 1 aromatic rings. The van der Waals surface area contributed by atoms with Gasteiger partial charge in [-0.2, -0.15) is 0 Å². The number of pyridine rings is 1. The molecule has 1 aromatic heterocycles. The maximum absolute atomic E-state index is 9.52. The molecule has 0 aromatic carbocycles. The van der Waals surface area contributed by atoms with Gasteiger partial charge in [-0.15, -0.1) is 0 Å². The molecule has 0 fully saturated rings. The molecule has 2 atom stereocenters. The number of aryl methyl sites for hydroxylation is 1. The summed E-state index contributed by atoms with van der Waals surface area (Å²) < 4.78 is 0. The molecule has 0 saturated heterocycles. The van der Waals surface area contributed by atoms with Crippen molar-refractivity contribution in [3.05, 3.63) is 29.6 Å². The maximum atomic E-state index is 9.52. The zero-order valence-corrected chi connectivity index (χ0v) is 7.36. The highest BCUT2D eigenvalue weighted by molar-refractivity contribution is 5.16. The molecule has 0 aliphatic carbocycles. The van der Waals surface area contributed by atoms with E-state index in [0.717, 1.165) is 11.3 Å². The van der Waals surface area contributed by atoms with Crippen LogP contribution >= 0.6 is 0 Å². The summed E-state index contributed by atoms with van der Waals surface area (Å²) >= 11 is 0. The van der Waals surface area contributed by atoms with E-state index < -0.39 is 6.10 Å². The Balaban J connectivity index is 2.82. The molecule has 0 saturated carbocycles. The predicted octanol–water partition coefficient (Wildman–Crippen LogP) is 0.771. The van der Waals surface area contributed by atoms with Crippen molar-refractivity contribution in [2.75, 3.05) is 0 Å². The van der Waals surface area contributed by atoms with E-state index >= 15 is 0 Å². The van der Waals surface area contributed by atoms with Crippen LogP contribution in [0, 0.1) is 6.92 Å². The summed E-state index contributed by atoms with van der Waals surface area (Å²) in [6, 6.07) is 3.45. The first-order valence-electron chi connectivity index (χ1n) is 3.97. The van der Waals surface area contributed by atoms with E-state index in [4.69, 9.17) is 5.73 Å². The van der Waals surface area contributed by atoms with Crippen LogP contribution < -0.4 is 5.73 Å². The molecule has 0 radical (unpaired) electrons. The molecule has 66 valence electrons. The van der Waals surface area contributed by atoms with E-state index in [1.165, 1.54) is 0 Å². The summed E-state index contributed by atoms with van der Waals surface area (Å²) in [5.41, 5.74) is 7.24. The molecule has 3 N–H and O–H groups in total. The molecule has 0 aliphatic heterocycles. The van der Waals surface area contributed by atoms with E-state index in [1.807, 2.05) is 19.1 Å². The highest BCUT2D eigenvalue weighted by Crippen LogP contribution is 2.13. The molecule has 3 heteroatoms. The van der Waals surface area contributed by atoms with Crippen LogP contribution in [0.3, 0.4) is 0 Å². The van der Waals surface area contributed by atoms with Crippen molar-refractivity contribution in [1.82, 2.24) is 4.98 Å². The monoisotopic (exact) mass is 166 g/mol. The number of rotatable bonds is 2. The standard InChI is InChI=1S/C9H14N2O/c1-6-3-4-8(5-11-6)9(12)7(2)10/h3-5,7,9,12H,10H2,1-2H3/t7-,9+/m1/s1. The first kappa shape index (κ1) is 9.16. The van der Waals surface area contributed by atoms with Crippen LogP contribution in [0.15, 0.2) is 18.3 Å². The fourth-order valence-electron chi connectivity index (χ4n) is 0.958. The quantitative estimate of drug-likeness (QED) is 0.682. The van der Waals surface area contributed by atoms with E-state index in [-0.39, 0.29) is 6.04 Å². The second-order valence-electron chi connectivity index (χ2n) is 3.04. The minimum Gasteiger partial charge on any atom is -0.387 e. The number of aromatic nitrogens is 1. The Kier molecular flexibility index (Phi) is 2.78. The fraction of sp³-hybridized carbons (Fsp3) is 0.444. The SMILES string of the molecule is Cc1ccc([C@@H](O)[C@@H](C)N)cn1. The largest absolute Gasteiger partial charge is 0.387 e. The van der Waals surface area contributed by atoms with Gasteiger partial charge in [0.05, 0.1) is 6.10 Å². The van der Waals surface area contributed by atoms with Gasteiger partial charge in [-0.25, -0.2) is 0 Å². The van der Waals surface area contributed by atoms with Crippen molar-refractivity contribution in [2.24, 2.45) is 5.73 Å². The van der Waals surface area contributed by atoms with Gasteiger partial charge in [0.1, 0.15) is 0 Å². The fourth-order valence-corrected chi connectivity index (χ4v) is 0.958. The van der Waals surface area contributed by atoms with Gasteiger partial charge in [0.15, 0.2) is 0 Å². The van der Waals surface area contributed by atoms with Crippen LogP contribution in [0.5, 0.6) is 0 Å². The van der Waals surface area contributed by atoms with Gasteiger partial charge in [-0.1, -0.05) is 6.07 Å². The van der Waals surface area contributed by atoms with Crippen LogP contribution in [0.1, 0.15) is 24.3 Å². The smallest absolute Gasteiger partial charge is 0.0952 e. The summed E-state index contributed by atoms with van der Waals surface area (Å²) in [6.07, 6.45) is 1.04. The lowest BCUT2D eigenvalue weighted by molar-refractivity contribution is 0.153. The lowest BCUT2D eigenvalue weighted by Gasteiger charge is -2.13. The van der Waals surface area contributed by atoms with Crippen molar-refractivity contribution in [3.8, 4) is 0 Å². The number of nitrogens with zero attached hydrogens (tertiary/aromatic N) is 1. The van der Waals surface area contributed by atoms with Crippen LogP contribution in [0.25, 0.3) is 0 Å². The van der Waals surface area contributed by atoms with Gasteiger partial charge in [-0.3, -0.25) is 4.98 Å². The molecule has 1 heterocycles. The number of hydrogen-bond donors (Lipinski definition) is 2. The van der Waals surface area contributed by atoms with E-state index in [0.29, 0.717) is 0 Å². The Hall–Kier alpha value is -0.930. The first-order valence-corrected chi connectivity index (χ1v) is 3.97. The van der Waals surface area contributed by atoms with Crippen molar-refractivity contribution in [2.45, 2.75) is 26.0 Å². The number of aliphatic hydroxyl groups excluding tert-OH is 1. The number of nitrogens with two attached hydrogens (primary N) is 1. The van der Waals surface area contributed by atoms with Crippen LogP contribution in [0.4, 0.5) is 0 Å². The second kappa shape index (κ2) is 3.65. The molecule has 0 aliphatic rings. The summed E-state index contributed by atoms with van der Waals surface area (Å²) in [5.74, 6) is 0. The van der Waals surface area contributed by atoms with Gasteiger partial charge in [-0.05, 0) is 19.9 Å². The molecular weight excluding hydrogens is 152 g/mol. The van der Waals surface area contributed by atoms with Crippen molar-refractivity contribution in [3.63, 3.8) is 0 Å². The van der Waals surface area contributed by atoms with E-state index in [2.05, 4.69) is 4.98 Å². The molecule has 0 bridgehead atoms. The highest BCUT2D eigenvalue weighted by Gasteiger charge is 2.11. The first-order chi connectivity index (χ1) is 5.61. The predicted molar refractivity (Wildman–Crippen MR) is 47.6 cm³/mol. The topological polar surface area (TPSA) is 59.1 Å². The minimum absolute atomic E-state index is 0.255.